The fraction of sp³-hybridized carbons (Fsp3) is 0.636. The highest BCUT2D eigenvalue weighted by Gasteiger charge is 2.35. The molecule has 7 N–H and O–H groups in total. The van der Waals surface area contributed by atoms with Crippen molar-refractivity contribution < 1.29 is 44.7 Å². The predicted molar refractivity (Wildman–Crippen MR) is 69.3 cm³/mol. The quantitative estimate of drug-likeness (QED) is 0.210. The number of rotatable bonds is 11. The van der Waals surface area contributed by atoms with Crippen LogP contribution < -0.4 is 10.6 Å². The molecule has 0 saturated carbocycles. The van der Waals surface area contributed by atoms with Gasteiger partial charge in [-0.2, -0.15) is 0 Å². The summed E-state index contributed by atoms with van der Waals surface area (Å²) >= 11 is 0. The van der Waals surface area contributed by atoms with E-state index in [9.17, 15) is 24.3 Å². The van der Waals surface area contributed by atoms with Gasteiger partial charge in [0.15, 0.2) is 0 Å². The van der Waals surface area contributed by atoms with Gasteiger partial charge in [0, 0.05) is 0 Å². The topological polar surface area (TPSA) is 193 Å². The molecule has 0 aliphatic carbocycles. The van der Waals surface area contributed by atoms with Gasteiger partial charge in [-0.25, -0.2) is 0 Å². The Morgan fingerprint density at radius 3 is 1.82 bits per heavy atom. The van der Waals surface area contributed by atoms with Crippen LogP contribution in [0.25, 0.3) is 0 Å². The molecule has 0 aliphatic rings. The van der Waals surface area contributed by atoms with Crippen LogP contribution in [-0.2, 0) is 19.2 Å². The smallest absolute Gasteiger partial charge is 0.322 e. The van der Waals surface area contributed by atoms with Gasteiger partial charge in [0.05, 0.1) is 25.1 Å². The zero-order valence-corrected chi connectivity index (χ0v) is 11.6. The monoisotopic (exact) mass is 322 g/mol. The fourth-order valence-corrected chi connectivity index (χ4v) is 1.70. The van der Waals surface area contributed by atoms with E-state index in [1.807, 2.05) is 0 Å². The Kier molecular flexibility index (Phi) is 8.01. The molecule has 126 valence electrons. The van der Waals surface area contributed by atoms with Gasteiger partial charge in [0.2, 0.25) is 0 Å². The number of aliphatic hydroxyl groups excluding tert-OH is 1. The van der Waals surface area contributed by atoms with Crippen molar-refractivity contribution in [3.63, 3.8) is 0 Å². The lowest BCUT2D eigenvalue weighted by Gasteiger charge is -2.30. The van der Waals surface area contributed by atoms with Crippen molar-refractivity contribution in [1.29, 1.82) is 0 Å². The van der Waals surface area contributed by atoms with Gasteiger partial charge in [0.1, 0.15) is 12.1 Å². The van der Waals surface area contributed by atoms with Crippen molar-refractivity contribution in [1.82, 2.24) is 10.6 Å². The van der Waals surface area contributed by atoms with E-state index < -0.39 is 61.1 Å². The molecule has 0 amide bonds. The summed E-state index contributed by atoms with van der Waals surface area (Å²) in [5.74, 6) is -5.86. The van der Waals surface area contributed by atoms with Crippen LogP contribution in [0.2, 0.25) is 0 Å². The van der Waals surface area contributed by atoms with Gasteiger partial charge < -0.3 is 25.5 Å². The molecule has 0 radical (unpaired) electrons. The Morgan fingerprint density at radius 1 is 0.955 bits per heavy atom. The van der Waals surface area contributed by atoms with Crippen LogP contribution in [0, 0.1) is 0 Å². The normalized spacial score (nSPS) is 16.3. The van der Waals surface area contributed by atoms with Crippen LogP contribution >= 0.6 is 0 Å². The number of carbonyl (C=O) groups is 4. The largest absolute Gasteiger partial charge is 0.481 e. The van der Waals surface area contributed by atoms with E-state index in [0.717, 1.165) is 6.92 Å². The highest BCUT2D eigenvalue weighted by molar-refractivity contribution is 5.81. The summed E-state index contributed by atoms with van der Waals surface area (Å²) in [5, 5.41) is 49.1. The summed E-state index contributed by atoms with van der Waals surface area (Å²) in [6, 6.07) is -4.70. The zero-order chi connectivity index (χ0) is 17.4. The van der Waals surface area contributed by atoms with E-state index >= 15 is 0 Å². The van der Waals surface area contributed by atoms with Crippen LogP contribution in [0.3, 0.4) is 0 Å². The summed E-state index contributed by atoms with van der Waals surface area (Å²) in [6.45, 7) is 0.425. The van der Waals surface area contributed by atoms with E-state index in [2.05, 4.69) is 10.6 Å². The summed E-state index contributed by atoms with van der Waals surface area (Å²) in [7, 11) is 0. The van der Waals surface area contributed by atoms with Crippen LogP contribution in [0.5, 0.6) is 0 Å². The Hall–Kier alpha value is -2.24. The standard InChI is InChI=1S/C11H18N2O9/c1-4(14)8(9(11(21)22)12-3-7(17)18)13-5(10(19)20)2-6(15)16/h4-5,8-9,12-14H,2-3H2,1H3,(H,15,16)(H,17,18)(H,19,20)(H,21,22). The van der Waals surface area contributed by atoms with Crippen LogP contribution in [0.1, 0.15) is 13.3 Å². The lowest BCUT2D eigenvalue weighted by molar-refractivity contribution is -0.147. The minimum absolute atomic E-state index is 0.738. The number of nitrogens with one attached hydrogen (secondary N) is 2. The molecular weight excluding hydrogens is 304 g/mol. The SMILES string of the molecule is CC(O)C(NC(CC(=O)O)C(=O)O)C(NCC(=O)O)C(=O)O. The van der Waals surface area contributed by atoms with Crippen molar-refractivity contribution in [2.45, 2.75) is 37.6 Å². The zero-order valence-electron chi connectivity index (χ0n) is 11.6. The minimum Gasteiger partial charge on any atom is -0.481 e. The van der Waals surface area contributed by atoms with Gasteiger partial charge in [-0.15, -0.1) is 0 Å². The number of aliphatic carboxylic acids is 4. The van der Waals surface area contributed by atoms with Crippen LogP contribution in [0.4, 0.5) is 0 Å². The lowest BCUT2D eigenvalue weighted by Crippen LogP contribution is -2.61. The molecule has 0 heterocycles. The van der Waals surface area contributed by atoms with Crippen LogP contribution in [-0.4, -0.2) is 80.2 Å². The first-order chi connectivity index (χ1) is 10.1. The second-order valence-electron chi connectivity index (χ2n) is 4.51. The first-order valence-electron chi connectivity index (χ1n) is 6.13. The van der Waals surface area contributed by atoms with Crippen molar-refractivity contribution in [3.05, 3.63) is 0 Å². The molecule has 0 spiro atoms. The molecule has 0 bridgehead atoms. The first kappa shape index (κ1) is 19.8. The van der Waals surface area contributed by atoms with E-state index in [-0.39, 0.29) is 0 Å². The number of carboxylic acid groups (broad SMARTS) is 4. The fourth-order valence-electron chi connectivity index (χ4n) is 1.70. The van der Waals surface area contributed by atoms with Crippen molar-refractivity contribution >= 4 is 23.9 Å². The Bertz CT molecular complexity index is 437. The summed E-state index contributed by atoms with van der Waals surface area (Å²) in [5.41, 5.74) is 0. The molecule has 0 rings (SSSR count). The molecule has 0 aliphatic heterocycles. The van der Waals surface area contributed by atoms with Gasteiger partial charge in [0.25, 0.3) is 0 Å². The average molecular weight is 322 g/mol. The molecule has 0 aromatic heterocycles. The van der Waals surface area contributed by atoms with Gasteiger partial charge in [-0.05, 0) is 6.92 Å². The Labute approximate surface area is 124 Å². The molecule has 0 saturated heterocycles. The van der Waals surface area contributed by atoms with E-state index in [4.69, 9.17) is 20.4 Å². The first-order valence-corrected chi connectivity index (χ1v) is 6.13. The van der Waals surface area contributed by atoms with Crippen molar-refractivity contribution in [3.8, 4) is 0 Å². The molecule has 11 heteroatoms. The highest BCUT2D eigenvalue weighted by atomic mass is 16.4. The molecule has 0 aromatic rings. The summed E-state index contributed by atoms with van der Waals surface area (Å²) < 4.78 is 0. The van der Waals surface area contributed by atoms with Gasteiger partial charge in [-0.1, -0.05) is 0 Å². The third-order valence-corrected chi connectivity index (χ3v) is 2.69. The van der Waals surface area contributed by atoms with E-state index in [1.165, 1.54) is 0 Å². The molecule has 4 unspecified atom stereocenters. The second kappa shape index (κ2) is 8.92. The predicted octanol–water partition coefficient (Wildman–Crippen LogP) is -2.62. The number of aliphatic hydroxyl groups is 1. The number of carboxylic acids is 4. The molecule has 0 fully saturated rings. The molecule has 11 nitrogen and oxygen atoms in total. The van der Waals surface area contributed by atoms with Crippen LogP contribution in [0.15, 0.2) is 0 Å². The maximum Gasteiger partial charge on any atom is 0.322 e. The van der Waals surface area contributed by atoms with E-state index in [0.29, 0.717) is 0 Å². The Balaban J connectivity index is 5.20. The van der Waals surface area contributed by atoms with Gasteiger partial charge >= 0.3 is 23.9 Å². The molecule has 4 atom stereocenters. The summed E-state index contributed by atoms with van der Waals surface area (Å²) in [4.78, 5) is 43.2. The van der Waals surface area contributed by atoms with Crippen molar-refractivity contribution in [2.75, 3.05) is 6.54 Å². The lowest BCUT2D eigenvalue weighted by atomic mass is 10.0. The Morgan fingerprint density at radius 2 is 1.50 bits per heavy atom. The maximum absolute atomic E-state index is 11.2. The average Bonchev–Trinajstić information content (AvgIpc) is 2.34. The molecule has 0 aromatic carbocycles. The molecular formula is C11H18N2O9. The van der Waals surface area contributed by atoms with Gasteiger partial charge in [-0.3, -0.25) is 29.8 Å². The highest BCUT2D eigenvalue weighted by Crippen LogP contribution is 2.05. The number of hydrogen-bond acceptors (Lipinski definition) is 7. The third-order valence-electron chi connectivity index (χ3n) is 2.69. The van der Waals surface area contributed by atoms with Crippen molar-refractivity contribution in [2.24, 2.45) is 0 Å². The molecule has 22 heavy (non-hydrogen) atoms. The third kappa shape index (κ3) is 6.97. The maximum atomic E-state index is 11.2. The summed E-state index contributed by atoms with van der Waals surface area (Å²) in [6.07, 6.45) is -2.23. The second-order valence-corrected chi connectivity index (χ2v) is 4.51. The van der Waals surface area contributed by atoms with E-state index in [1.54, 1.807) is 0 Å². The number of hydrogen-bond donors (Lipinski definition) is 7. The minimum atomic E-state index is -1.65.